The van der Waals surface area contributed by atoms with Crippen molar-refractivity contribution in [2.75, 3.05) is 0 Å². The Kier molecular flexibility index (Phi) is 9.65. The molecule has 2 heteroatoms. The summed E-state index contributed by atoms with van der Waals surface area (Å²) < 4.78 is 0. The minimum Gasteiger partial charge on any atom is -0.324 e. The van der Waals surface area contributed by atoms with Crippen LogP contribution in [0.4, 0.5) is 0 Å². The molecule has 0 radical (unpaired) electrons. The fraction of sp³-hybridized carbons (Fsp3) is 0.833. The Labute approximate surface area is 125 Å². The molecule has 0 saturated carbocycles. The molecule has 2 atom stereocenters. The van der Waals surface area contributed by atoms with E-state index in [1.807, 2.05) is 12.2 Å². The lowest BCUT2D eigenvalue weighted by Crippen LogP contribution is -2.18. The summed E-state index contributed by atoms with van der Waals surface area (Å²) in [5.41, 5.74) is 5.78. The molecule has 0 aromatic carbocycles. The number of allylic oxidation sites excluding steroid dienone is 1. The van der Waals surface area contributed by atoms with Crippen LogP contribution in [0.5, 0.6) is 0 Å². The molecular formula is C18H33NO. The lowest BCUT2D eigenvalue weighted by molar-refractivity contribution is -0.121. The van der Waals surface area contributed by atoms with Gasteiger partial charge in [-0.2, -0.15) is 0 Å². The van der Waals surface area contributed by atoms with Gasteiger partial charge in [0.2, 0.25) is 0 Å². The summed E-state index contributed by atoms with van der Waals surface area (Å²) in [7, 11) is 0. The summed E-state index contributed by atoms with van der Waals surface area (Å²) in [4.78, 5) is 11.9. The van der Waals surface area contributed by atoms with Crippen molar-refractivity contribution in [3.8, 4) is 0 Å². The summed E-state index contributed by atoms with van der Waals surface area (Å²) in [6.45, 7) is 2.26. The van der Waals surface area contributed by atoms with Crippen molar-refractivity contribution in [2.24, 2.45) is 11.7 Å². The first-order valence-electron chi connectivity index (χ1n) is 8.70. The highest BCUT2D eigenvalue weighted by molar-refractivity contribution is 5.83. The Bertz CT molecular complexity index is 285. The van der Waals surface area contributed by atoms with Crippen LogP contribution >= 0.6 is 0 Å². The highest BCUT2D eigenvalue weighted by atomic mass is 16.1. The molecule has 2 unspecified atom stereocenters. The Hall–Kier alpha value is -0.630. The van der Waals surface area contributed by atoms with Gasteiger partial charge in [0.25, 0.3) is 0 Å². The van der Waals surface area contributed by atoms with E-state index in [0.717, 1.165) is 19.3 Å². The van der Waals surface area contributed by atoms with Crippen LogP contribution in [0.15, 0.2) is 12.2 Å². The van der Waals surface area contributed by atoms with Crippen LogP contribution in [0.25, 0.3) is 0 Å². The van der Waals surface area contributed by atoms with Gasteiger partial charge in [-0.3, -0.25) is 4.79 Å². The fourth-order valence-electron chi connectivity index (χ4n) is 2.94. The van der Waals surface area contributed by atoms with Crippen molar-refractivity contribution in [3.63, 3.8) is 0 Å². The molecule has 0 spiro atoms. The van der Waals surface area contributed by atoms with Crippen molar-refractivity contribution >= 4 is 5.78 Å². The minimum atomic E-state index is 0.108. The third-order valence-corrected chi connectivity index (χ3v) is 4.31. The zero-order chi connectivity index (χ0) is 14.6. The topological polar surface area (TPSA) is 43.1 Å². The summed E-state index contributed by atoms with van der Waals surface area (Å²) in [6.07, 6.45) is 18.8. The Morgan fingerprint density at radius 3 is 2.00 bits per heavy atom. The Balaban J connectivity index is 1.85. The highest BCUT2D eigenvalue weighted by Crippen LogP contribution is 2.20. The monoisotopic (exact) mass is 279 g/mol. The number of rotatable bonds is 12. The molecule has 1 aliphatic carbocycles. The van der Waals surface area contributed by atoms with E-state index in [9.17, 15) is 4.79 Å². The molecule has 0 aromatic rings. The van der Waals surface area contributed by atoms with Gasteiger partial charge in [-0.15, -0.1) is 0 Å². The van der Waals surface area contributed by atoms with Crippen molar-refractivity contribution in [2.45, 2.75) is 90.0 Å². The van der Waals surface area contributed by atoms with Gasteiger partial charge in [-0.1, -0.05) is 76.9 Å². The maximum Gasteiger partial charge on any atom is 0.139 e. The number of unbranched alkanes of at least 4 members (excludes halogenated alkanes) is 9. The van der Waals surface area contributed by atoms with E-state index in [1.165, 1.54) is 57.8 Å². The molecule has 0 fully saturated rings. The summed E-state index contributed by atoms with van der Waals surface area (Å²) in [5, 5.41) is 0. The highest BCUT2D eigenvalue weighted by Gasteiger charge is 2.21. The first kappa shape index (κ1) is 17.4. The van der Waals surface area contributed by atoms with Crippen molar-refractivity contribution < 1.29 is 4.79 Å². The molecule has 1 aliphatic rings. The number of hydrogen-bond acceptors (Lipinski definition) is 2. The minimum absolute atomic E-state index is 0.108. The molecule has 0 amide bonds. The number of hydrogen-bond donors (Lipinski definition) is 1. The quantitative estimate of drug-likeness (QED) is 0.413. The van der Waals surface area contributed by atoms with E-state index >= 15 is 0 Å². The van der Waals surface area contributed by atoms with Gasteiger partial charge >= 0.3 is 0 Å². The molecule has 0 bridgehead atoms. The summed E-state index contributed by atoms with van der Waals surface area (Å²) in [6, 6.07) is 0.108. The van der Waals surface area contributed by atoms with Gasteiger partial charge in [0.05, 0.1) is 0 Å². The molecule has 0 saturated heterocycles. The number of carbonyl (C=O) groups excluding carboxylic acids is 1. The van der Waals surface area contributed by atoms with Crippen LogP contribution in [-0.4, -0.2) is 11.8 Å². The predicted octanol–water partition coefficient (Wildman–Crippen LogP) is 4.77. The van der Waals surface area contributed by atoms with E-state index in [1.54, 1.807) is 0 Å². The largest absolute Gasteiger partial charge is 0.324 e. The molecule has 2 N–H and O–H groups in total. The van der Waals surface area contributed by atoms with Gasteiger partial charge in [0.1, 0.15) is 5.78 Å². The molecule has 0 heterocycles. The third kappa shape index (κ3) is 7.84. The first-order valence-corrected chi connectivity index (χ1v) is 8.70. The second-order valence-corrected chi connectivity index (χ2v) is 6.29. The van der Waals surface area contributed by atoms with Gasteiger partial charge in [0.15, 0.2) is 0 Å². The smallest absolute Gasteiger partial charge is 0.139 e. The molecule has 20 heavy (non-hydrogen) atoms. The second kappa shape index (κ2) is 11.1. The summed E-state index contributed by atoms with van der Waals surface area (Å²) >= 11 is 0. The fourth-order valence-corrected chi connectivity index (χ4v) is 2.94. The van der Waals surface area contributed by atoms with Gasteiger partial charge in [-0.25, -0.2) is 0 Å². The van der Waals surface area contributed by atoms with Crippen LogP contribution in [0.3, 0.4) is 0 Å². The summed E-state index contributed by atoms with van der Waals surface area (Å²) in [5.74, 6) is 0.511. The molecule has 116 valence electrons. The molecular weight excluding hydrogens is 246 g/mol. The SMILES string of the molecule is CCCCCCCCCCCCC(=O)C1C=CC(N)C1. The number of carbonyl (C=O) groups is 1. The van der Waals surface area contributed by atoms with E-state index in [0.29, 0.717) is 5.78 Å². The first-order chi connectivity index (χ1) is 9.74. The number of Topliss-reactive ketones (excluding diaryl/α,β-unsaturated/α-hetero) is 1. The molecule has 1 rings (SSSR count). The Morgan fingerprint density at radius 2 is 1.50 bits per heavy atom. The second-order valence-electron chi connectivity index (χ2n) is 6.29. The Morgan fingerprint density at radius 1 is 0.950 bits per heavy atom. The van der Waals surface area contributed by atoms with E-state index < -0.39 is 0 Å². The van der Waals surface area contributed by atoms with Gasteiger partial charge < -0.3 is 5.73 Å². The zero-order valence-corrected chi connectivity index (χ0v) is 13.3. The predicted molar refractivity (Wildman–Crippen MR) is 86.7 cm³/mol. The zero-order valence-electron chi connectivity index (χ0n) is 13.3. The molecule has 0 aliphatic heterocycles. The number of ketones is 1. The van der Waals surface area contributed by atoms with Crippen molar-refractivity contribution in [1.29, 1.82) is 0 Å². The average Bonchev–Trinajstić information content (AvgIpc) is 2.87. The van der Waals surface area contributed by atoms with E-state index in [2.05, 4.69) is 6.92 Å². The van der Waals surface area contributed by atoms with Gasteiger partial charge in [-0.05, 0) is 12.8 Å². The number of nitrogens with two attached hydrogens (primary N) is 1. The van der Waals surface area contributed by atoms with Gasteiger partial charge in [0, 0.05) is 18.4 Å². The van der Waals surface area contributed by atoms with Crippen LogP contribution < -0.4 is 5.73 Å². The normalized spacial score (nSPS) is 21.5. The van der Waals surface area contributed by atoms with Crippen LogP contribution in [0.1, 0.15) is 84.0 Å². The van der Waals surface area contributed by atoms with Crippen molar-refractivity contribution in [1.82, 2.24) is 0 Å². The van der Waals surface area contributed by atoms with Crippen LogP contribution in [0, 0.1) is 5.92 Å². The lowest BCUT2D eigenvalue weighted by Gasteiger charge is -2.08. The van der Waals surface area contributed by atoms with E-state index in [4.69, 9.17) is 5.73 Å². The standard InChI is InChI=1S/C18H33NO/c1-2-3-4-5-6-7-8-9-10-11-12-18(20)16-13-14-17(19)15-16/h13-14,16-17H,2-12,15,19H2,1H3. The third-order valence-electron chi connectivity index (χ3n) is 4.31. The average molecular weight is 279 g/mol. The maximum absolute atomic E-state index is 11.9. The molecule has 2 nitrogen and oxygen atoms in total. The lowest BCUT2D eigenvalue weighted by atomic mass is 9.97. The molecule has 0 aromatic heterocycles. The van der Waals surface area contributed by atoms with Crippen LogP contribution in [-0.2, 0) is 4.79 Å². The van der Waals surface area contributed by atoms with Crippen LogP contribution in [0.2, 0.25) is 0 Å². The van der Waals surface area contributed by atoms with E-state index in [-0.39, 0.29) is 12.0 Å². The maximum atomic E-state index is 11.9. The van der Waals surface area contributed by atoms with Crippen molar-refractivity contribution in [3.05, 3.63) is 12.2 Å².